The fraction of sp³-hybridized carbons (Fsp3) is 0.0476. The van der Waals surface area contributed by atoms with Crippen molar-refractivity contribution in [2.24, 2.45) is 4.99 Å². The van der Waals surface area contributed by atoms with Crippen LogP contribution in [0.25, 0.3) is 22.6 Å². The van der Waals surface area contributed by atoms with Crippen LogP contribution in [-0.2, 0) is 0 Å². The molecule has 1 aromatic heterocycles. The van der Waals surface area contributed by atoms with Crippen LogP contribution in [0.1, 0.15) is 11.1 Å². The van der Waals surface area contributed by atoms with Crippen LogP contribution >= 0.6 is 11.6 Å². The van der Waals surface area contributed by atoms with Crippen molar-refractivity contribution in [1.82, 2.24) is 4.98 Å². The molecule has 1 heterocycles. The van der Waals surface area contributed by atoms with E-state index in [2.05, 4.69) is 9.98 Å². The van der Waals surface area contributed by atoms with E-state index in [4.69, 9.17) is 16.0 Å². The van der Waals surface area contributed by atoms with E-state index in [0.717, 1.165) is 16.8 Å². The molecule has 128 valence electrons. The number of hydrogen-bond donors (Lipinski definition) is 1. The standard InChI is InChI=1S/C21H15ClN2O2/c1-13-6-8-19(25)14(10-13)12-23-15-7-9-20-18(11-15)24-21(26-20)16-4-2-3-5-17(16)22/h2-12,25H,1H3. The quantitative estimate of drug-likeness (QED) is 0.460. The van der Waals surface area contributed by atoms with Gasteiger partial charge in [0.1, 0.15) is 11.3 Å². The first-order valence-electron chi connectivity index (χ1n) is 8.09. The van der Waals surface area contributed by atoms with Crippen LogP contribution in [0.4, 0.5) is 5.69 Å². The molecule has 0 aliphatic rings. The molecule has 0 amide bonds. The summed E-state index contributed by atoms with van der Waals surface area (Å²) < 4.78 is 5.80. The second kappa shape index (κ2) is 6.65. The second-order valence-corrected chi connectivity index (χ2v) is 6.38. The van der Waals surface area contributed by atoms with E-state index >= 15 is 0 Å². The van der Waals surface area contributed by atoms with Crippen LogP contribution in [0.3, 0.4) is 0 Å². The number of benzene rings is 3. The molecule has 0 radical (unpaired) electrons. The Balaban J connectivity index is 1.69. The number of phenols is 1. The highest BCUT2D eigenvalue weighted by atomic mass is 35.5. The number of rotatable bonds is 3. The molecule has 5 heteroatoms. The molecule has 0 saturated heterocycles. The molecule has 0 spiro atoms. The molecule has 0 aliphatic carbocycles. The van der Waals surface area contributed by atoms with Gasteiger partial charge < -0.3 is 9.52 Å². The Bertz CT molecular complexity index is 1130. The summed E-state index contributed by atoms with van der Waals surface area (Å²) in [6.45, 7) is 1.97. The zero-order valence-electron chi connectivity index (χ0n) is 14.0. The number of hydrogen-bond acceptors (Lipinski definition) is 4. The van der Waals surface area contributed by atoms with E-state index in [1.807, 2.05) is 55.5 Å². The number of oxazole rings is 1. The fourth-order valence-corrected chi connectivity index (χ4v) is 2.88. The predicted molar refractivity (Wildman–Crippen MR) is 105 cm³/mol. The topological polar surface area (TPSA) is 58.6 Å². The van der Waals surface area contributed by atoms with E-state index in [1.54, 1.807) is 18.3 Å². The smallest absolute Gasteiger partial charge is 0.228 e. The minimum Gasteiger partial charge on any atom is -0.507 e. The molecule has 3 aromatic carbocycles. The summed E-state index contributed by atoms with van der Waals surface area (Å²) in [6, 6.07) is 18.3. The van der Waals surface area contributed by atoms with Gasteiger partial charge in [-0.05, 0) is 49.4 Å². The molecule has 26 heavy (non-hydrogen) atoms. The van der Waals surface area contributed by atoms with Crippen LogP contribution in [0, 0.1) is 6.92 Å². The molecule has 0 unspecified atom stereocenters. The van der Waals surface area contributed by atoms with Gasteiger partial charge in [-0.2, -0.15) is 0 Å². The molecule has 0 bridgehead atoms. The number of phenolic OH excluding ortho intramolecular Hbond substituents is 1. The third kappa shape index (κ3) is 3.19. The minimum absolute atomic E-state index is 0.197. The normalized spacial score (nSPS) is 11.5. The minimum atomic E-state index is 0.197. The highest BCUT2D eigenvalue weighted by Gasteiger charge is 2.11. The van der Waals surface area contributed by atoms with Crippen molar-refractivity contribution < 1.29 is 9.52 Å². The first kappa shape index (κ1) is 16.4. The lowest BCUT2D eigenvalue weighted by Gasteiger charge is -2.00. The third-order valence-corrected chi connectivity index (χ3v) is 4.34. The van der Waals surface area contributed by atoms with Gasteiger partial charge in [-0.3, -0.25) is 4.99 Å². The van der Waals surface area contributed by atoms with Crippen molar-refractivity contribution in [3.8, 4) is 17.2 Å². The van der Waals surface area contributed by atoms with Crippen LogP contribution in [0.5, 0.6) is 5.75 Å². The lowest BCUT2D eigenvalue weighted by atomic mass is 10.1. The maximum absolute atomic E-state index is 9.91. The first-order chi connectivity index (χ1) is 12.6. The average Bonchev–Trinajstić information content (AvgIpc) is 3.06. The molecule has 0 atom stereocenters. The van der Waals surface area contributed by atoms with Gasteiger partial charge in [0.2, 0.25) is 5.89 Å². The number of aromatic nitrogens is 1. The van der Waals surface area contributed by atoms with Gasteiger partial charge in [-0.15, -0.1) is 0 Å². The van der Waals surface area contributed by atoms with Gasteiger partial charge in [0.05, 0.1) is 16.3 Å². The van der Waals surface area contributed by atoms with Gasteiger partial charge in [0.15, 0.2) is 5.58 Å². The molecule has 0 saturated carbocycles. The Morgan fingerprint density at radius 1 is 1.08 bits per heavy atom. The van der Waals surface area contributed by atoms with Gasteiger partial charge >= 0.3 is 0 Å². The van der Waals surface area contributed by atoms with E-state index in [-0.39, 0.29) is 5.75 Å². The predicted octanol–water partition coefficient (Wildman–Crippen LogP) is 5.91. The van der Waals surface area contributed by atoms with Gasteiger partial charge in [-0.1, -0.05) is 35.4 Å². The SMILES string of the molecule is Cc1ccc(O)c(C=Nc2ccc3oc(-c4ccccc4Cl)nc3c2)c1. The summed E-state index contributed by atoms with van der Waals surface area (Å²) in [5.41, 5.74) is 4.56. The second-order valence-electron chi connectivity index (χ2n) is 5.97. The highest BCUT2D eigenvalue weighted by molar-refractivity contribution is 6.33. The molecule has 4 rings (SSSR count). The van der Waals surface area contributed by atoms with Crippen molar-refractivity contribution in [2.75, 3.05) is 0 Å². The summed E-state index contributed by atoms with van der Waals surface area (Å²) in [4.78, 5) is 8.95. The van der Waals surface area contributed by atoms with Crippen LogP contribution in [0.15, 0.2) is 70.1 Å². The number of halogens is 1. The lowest BCUT2D eigenvalue weighted by molar-refractivity contribution is 0.474. The van der Waals surface area contributed by atoms with Crippen molar-refractivity contribution in [2.45, 2.75) is 6.92 Å². The average molecular weight is 363 g/mol. The monoisotopic (exact) mass is 362 g/mol. The fourth-order valence-electron chi connectivity index (χ4n) is 2.67. The summed E-state index contributed by atoms with van der Waals surface area (Å²) in [5.74, 6) is 0.672. The maximum Gasteiger partial charge on any atom is 0.228 e. The van der Waals surface area contributed by atoms with Gasteiger partial charge in [0.25, 0.3) is 0 Å². The van der Waals surface area contributed by atoms with Crippen LogP contribution < -0.4 is 0 Å². The van der Waals surface area contributed by atoms with E-state index in [9.17, 15) is 5.11 Å². The van der Waals surface area contributed by atoms with Crippen LogP contribution in [0.2, 0.25) is 5.02 Å². The van der Waals surface area contributed by atoms with Crippen molar-refractivity contribution in [1.29, 1.82) is 0 Å². The number of fused-ring (bicyclic) bond motifs is 1. The molecular weight excluding hydrogens is 348 g/mol. The molecular formula is C21H15ClN2O2. The number of aromatic hydroxyl groups is 1. The van der Waals surface area contributed by atoms with E-state index in [0.29, 0.717) is 27.6 Å². The molecule has 4 nitrogen and oxygen atoms in total. The van der Waals surface area contributed by atoms with Gasteiger partial charge in [-0.25, -0.2) is 4.98 Å². The number of aliphatic imine (C=N–C) groups is 1. The molecule has 0 aliphatic heterocycles. The highest BCUT2D eigenvalue weighted by Crippen LogP contribution is 2.31. The summed E-state index contributed by atoms with van der Waals surface area (Å²) in [7, 11) is 0. The molecule has 1 N–H and O–H groups in total. The van der Waals surface area contributed by atoms with Crippen LogP contribution in [-0.4, -0.2) is 16.3 Å². The summed E-state index contributed by atoms with van der Waals surface area (Å²) in [5, 5.41) is 10.5. The van der Waals surface area contributed by atoms with Crippen molar-refractivity contribution in [3.63, 3.8) is 0 Å². The van der Waals surface area contributed by atoms with Gasteiger partial charge in [0, 0.05) is 11.8 Å². The molecule has 0 fully saturated rings. The Labute approximate surface area is 155 Å². The Hall–Kier alpha value is -3.11. The van der Waals surface area contributed by atoms with Crippen molar-refractivity contribution >= 4 is 34.6 Å². The number of nitrogens with zero attached hydrogens (tertiary/aromatic N) is 2. The third-order valence-electron chi connectivity index (χ3n) is 4.01. The lowest BCUT2D eigenvalue weighted by Crippen LogP contribution is -1.83. The van der Waals surface area contributed by atoms with E-state index < -0.39 is 0 Å². The molecule has 4 aromatic rings. The first-order valence-corrected chi connectivity index (χ1v) is 8.47. The number of aryl methyl sites for hydroxylation is 1. The zero-order chi connectivity index (χ0) is 18.1. The largest absolute Gasteiger partial charge is 0.507 e. The zero-order valence-corrected chi connectivity index (χ0v) is 14.7. The maximum atomic E-state index is 9.91. The Morgan fingerprint density at radius 3 is 2.77 bits per heavy atom. The Morgan fingerprint density at radius 2 is 1.92 bits per heavy atom. The summed E-state index contributed by atoms with van der Waals surface area (Å²) >= 11 is 6.22. The summed E-state index contributed by atoms with van der Waals surface area (Å²) in [6.07, 6.45) is 1.64. The van der Waals surface area contributed by atoms with E-state index in [1.165, 1.54) is 0 Å². The Kier molecular flexibility index (Phi) is 4.19. The van der Waals surface area contributed by atoms with Crippen molar-refractivity contribution in [3.05, 3.63) is 76.8 Å².